The van der Waals surface area contributed by atoms with Gasteiger partial charge in [-0.1, -0.05) is 32.1 Å². The van der Waals surface area contributed by atoms with Crippen LogP contribution in [0.2, 0.25) is 0 Å². The SMILES string of the molecule is CC(O)CC(CC(C1CCCCC1)[C@@H](C=O)NC1(C)CCCCN1)N=C(N)N. The zero-order valence-electron chi connectivity index (χ0n) is 17.7. The molecule has 7 nitrogen and oxygen atoms in total. The molecule has 0 bridgehead atoms. The molecule has 0 spiro atoms. The Balaban J connectivity index is 2.19. The van der Waals surface area contributed by atoms with Crippen molar-refractivity contribution in [1.29, 1.82) is 0 Å². The number of carbonyl (C=O) groups excluding carboxylic acids is 1. The second kappa shape index (κ2) is 11.1. The average molecular weight is 396 g/mol. The average Bonchev–Trinajstić information content (AvgIpc) is 2.64. The fourth-order valence-electron chi connectivity index (χ4n) is 5.10. The quantitative estimate of drug-likeness (QED) is 0.217. The molecule has 7 N–H and O–H groups in total. The van der Waals surface area contributed by atoms with E-state index in [1.165, 1.54) is 25.7 Å². The summed E-state index contributed by atoms with van der Waals surface area (Å²) in [6.07, 6.45) is 11.1. The number of hydrogen-bond donors (Lipinski definition) is 5. The van der Waals surface area contributed by atoms with E-state index in [1.54, 1.807) is 6.92 Å². The Labute approximate surface area is 170 Å². The Hall–Kier alpha value is -1.18. The van der Waals surface area contributed by atoms with Crippen molar-refractivity contribution in [2.24, 2.45) is 28.3 Å². The number of guanidine groups is 1. The van der Waals surface area contributed by atoms with Crippen molar-refractivity contribution in [3.8, 4) is 0 Å². The van der Waals surface area contributed by atoms with Crippen molar-refractivity contribution in [3.05, 3.63) is 0 Å². The number of piperidine rings is 1. The molecule has 4 unspecified atom stereocenters. The van der Waals surface area contributed by atoms with Gasteiger partial charge in [-0.2, -0.15) is 0 Å². The molecule has 2 rings (SSSR count). The minimum atomic E-state index is -0.486. The molecule has 1 heterocycles. The van der Waals surface area contributed by atoms with Crippen LogP contribution in [0.3, 0.4) is 0 Å². The molecule has 5 atom stereocenters. The van der Waals surface area contributed by atoms with Gasteiger partial charge in [0.25, 0.3) is 0 Å². The van der Waals surface area contributed by atoms with Gasteiger partial charge in [-0.25, -0.2) is 0 Å². The van der Waals surface area contributed by atoms with Crippen LogP contribution in [-0.2, 0) is 4.79 Å². The van der Waals surface area contributed by atoms with Crippen LogP contribution >= 0.6 is 0 Å². The predicted molar refractivity (Wildman–Crippen MR) is 114 cm³/mol. The second-order valence-electron chi connectivity index (χ2n) is 9.11. The molecule has 7 heteroatoms. The van der Waals surface area contributed by atoms with Crippen LogP contribution in [0, 0.1) is 11.8 Å². The van der Waals surface area contributed by atoms with E-state index in [-0.39, 0.29) is 29.6 Å². The molecule has 28 heavy (non-hydrogen) atoms. The third-order valence-electron chi connectivity index (χ3n) is 6.46. The van der Waals surface area contributed by atoms with Gasteiger partial charge in [0.1, 0.15) is 6.29 Å². The third-order valence-corrected chi connectivity index (χ3v) is 6.46. The van der Waals surface area contributed by atoms with Crippen molar-refractivity contribution in [2.75, 3.05) is 6.54 Å². The first-order chi connectivity index (χ1) is 13.3. The summed E-state index contributed by atoms with van der Waals surface area (Å²) in [7, 11) is 0. The molecular formula is C21H41N5O2. The molecule has 0 aromatic carbocycles. The van der Waals surface area contributed by atoms with Gasteiger partial charge in [-0.15, -0.1) is 0 Å². The summed E-state index contributed by atoms with van der Waals surface area (Å²) < 4.78 is 0. The Bertz CT molecular complexity index is 495. The van der Waals surface area contributed by atoms with Gasteiger partial charge in [0, 0.05) is 0 Å². The first-order valence-electron chi connectivity index (χ1n) is 11.1. The molecule has 0 radical (unpaired) electrons. The number of nitrogens with zero attached hydrogens (tertiary/aromatic N) is 1. The zero-order valence-corrected chi connectivity index (χ0v) is 17.7. The maximum absolute atomic E-state index is 12.2. The lowest BCUT2D eigenvalue weighted by atomic mass is 9.73. The molecule has 162 valence electrons. The van der Waals surface area contributed by atoms with Gasteiger partial charge in [-0.05, 0) is 64.3 Å². The molecule has 1 aliphatic heterocycles. The molecule has 0 aromatic rings. The van der Waals surface area contributed by atoms with Crippen LogP contribution in [-0.4, -0.2) is 47.7 Å². The standard InChI is InChI=1S/C21H41N5O2/c1-15(28)12-17(25-20(22)23)13-18(16-8-4-3-5-9-16)19(14-27)26-21(2)10-6-7-11-24-21/h14-19,24,26,28H,3-13H2,1-2H3,(H4,22,23,25)/t15?,17?,18?,19-,21?/m1/s1. The summed E-state index contributed by atoms with van der Waals surface area (Å²) in [4.78, 5) is 16.6. The lowest BCUT2D eigenvalue weighted by Crippen LogP contribution is -2.62. The minimum absolute atomic E-state index is 0.0459. The van der Waals surface area contributed by atoms with Crippen LogP contribution in [0.25, 0.3) is 0 Å². The van der Waals surface area contributed by atoms with Crippen molar-refractivity contribution in [3.63, 3.8) is 0 Å². The van der Waals surface area contributed by atoms with E-state index in [4.69, 9.17) is 11.5 Å². The highest BCUT2D eigenvalue weighted by atomic mass is 16.3. The summed E-state index contributed by atoms with van der Waals surface area (Å²) in [6.45, 7) is 4.89. The highest BCUT2D eigenvalue weighted by Gasteiger charge is 2.37. The number of nitrogens with one attached hydrogen (secondary N) is 2. The van der Waals surface area contributed by atoms with E-state index in [1.807, 2.05) is 0 Å². The Morgan fingerprint density at radius 2 is 1.96 bits per heavy atom. The van der Waals surface area contributed by atoms with Gasteiger partial charge in [0.2, 0.25) is 0 Å². The van der Waals surface area contributed by atoms with Gasteiger partial charge < -0.3 is 21.4 Å². The maximum Gasteiger partial charge on any atom is 0.186 e. The van der Waals surface area contributed by atoms with Gasteiger partial charge in [0.15, 0.2) is 5.96 Å². The predicted octanol–water partition coefficient (Wildman–Crippen LogP) is 1.63. The zero-order chi connectivity index (χ0) is 20.6. The van der Waals surface area contributed by atoms with Crippen LogP contribution in [0.5, 0.6) is 0 Å². The lowest BCUT2D eigenvalue weighted by molar-refractivity contribution is -0.112. The summed E-state index contributed by atoms with van der Waals surface area (Å²) in [5.74, 6) is 0.684. The fraction of sp³-hybridized carbons (Fsp3) is 0.905. The monoisotopic (exact) mass is 395 g/mol. The van der Waals surface area contributed by atoms with Crippen molar-refractivity contribution in [1.82, 2.24) is 10.6 Å². The topological polar surface area (TPSA) is 126 Å². The molecule has 0 amide bonds. The second-order valence-corrected chi connectivity index (χ2v) is 9.11. The van der Waals surface area contributed by atoms with Crippen LogP contribution in [0.1, 0.15) is 78.1 Å². The smallest absolute Gasteiger partial charge is 0.186 e. The van der Waals surface area contributed by atoms with Crippen LogP contribution in [0.4, 0.5) is 0 Å². The number of rotatable bonds is 10. The number of nitrogens with two attached hydrogens (primary N) is 2. The number of aliphatic imine (C=N–C) groups is 1. The van der Waals surface area contributed by atoms with Crippen LogP contribution in [0.15, 0.2) is 4.99 Å². The summed E-state index contributed by atoms with van der Waals surface area (Å²) in [5, 5.41) is 17.1. The van der Waals surface area contributed by atoms with E-state index >= 15 is 0 Å². The van der Waals surface area contributed by atoms with Crippen LogP contribution < -0.4 is 22.1 Å². The van der Waals surface area contributed by atoms with E-state index < -0.39 is 6.10 Å². The van der Waals surface area contributed by atoms with Crippen molar-refractivity contribution >= 4 is 12.2 Å². The van der Waals surface area contributed by atoms with E-state index in [9.17, 15) is 9.90 Å². The van der Waals surface area contributed by atoms with Gasteiger partial charge in [0.05, 0.1) is 23.9 Å². The number of hydrogen-bond acceptors (Lipinski definition) is 5. The number of carbonyl (C=O) groups is 1. The first-order valence-corrected chi connectivity index (χ1v) is 11.1. The Morgan fingerprint density at radius 3 is 2.50 bits per heavy atom. The van der Waals surface area contributed by atoms with E-state index in [0.717, 1.165) is 38.5 Å². The molecule has 1 saturated carbocycles. The molecular weight excluding hydrogens is 354 g/mol. The maximum atomic E-state index is 12.2. The normalized spacial score (nSPS) is 28.1. The summed E-state index contributed by atoms with van der Waals surface area (Å²) >= 11 is 0. The largest absolute Gasteiger partial charge is 0.393 e. The lowest BCUT2D eigenvalue weighted by Gasteiger charge is -2.42. The van der Waals surface area contributed by atoms with E-state index in [2.05, 4.69) is 22.5 Å². The summed E-state index contributed by atoms with van der Waals surface area (Å²) in [5.41, 5.74) is 11.1. The summed E-state index contributed by atoms with van der Waals surface area (Å²) in [6, 6.07) is -0.419. The molecule has 2 aliphatic rings. The number of aliphatic hydroxyl groups is 1. The molecule has 0 aromatic heterocycles. The van der Waals surface area contributed by atoms with Crippen molar-refractivity contribution in [2.45, 2.75) is 102 Å². The van der Waals surface area contributed by atoms with E-state index in [0.29, 0.717) is 18.8 Å². The van der Waals surface area contributed by atoms with Crippen molar-refractivity contribution < 1.29 is 9.90 Å². The van der Waals surface area contributed by atoms with Gasteiger partial charge in [-0.3, -0.25) is 15.6 Å². The Kier molecular flexibility index (Phi) is 9.18. The fourth-order valence-corrected chi connectivity index (χ4v) is 5.10. The number of aldehydes is 1. The Morgan fingerprint density at radius 1 is 1.25 bits per heavy atom. The van der Waals surface area contributed by atoms with Gasteiger partial charge >= 0.3 is 0 Å². The molecule has 1 saturated heterocycles. The molecule has 1 aliphatic carbocycles. The molecule has 2 fully saturated rings. The highest BCUT2D eigenvalue weighted by molar-refractivity contribution is 5.75. The minimum Gasteiger partial charge on any atom is -0.393 e. The highest BCUT2D eigenvalue weighted by Crippen LogP contribution is 2.36. The third kappa shape index (κ3) is 7.33. The number of aliphatic hydroxyl groups excluding tert-OH is 1. The first kappa shape index (κ1) is 23.1.